The van der Waals surface area contributed by atoms with E-state index in [0.717, 1.165) is 6.42 Å². The first-order valence-electron chi connectivity index (χ1n) is 5.83. The van der Waals surface area contributed by atoms with Gasteiger partial charge in [0.1, 0.15) is 0 Å². The predicted molar refractivity (Wildman–Crippen MR) is 66.4 cm³/mol. The highest BCUT2D eigenvalue weighted by Crippen LogP contribution is 2.24. The Bertz CT molecular complexity index is 443. The number of fused-ring (bicyclic) bond motifs is 1. The van der Waals surface area contributed by atoms with Crippen molar-refractivity contribution < 1.29 is 19.1 Å². The number of carbonyl (C=O) groups excluding carboxylic acids is 2. The second-order valence-electron chi connectivity index (χ2n) is 3.90. The Kier molecular flexibility index (Phi) is 4.19. The minimum absolute atomic E-state index is 0.290. The van der Waals surface area contributed by atoms with E-state index in [1.165, 1.54) is 10.4 Å². The van der Waals surface area contributed by atoms with Crippen LogP contribution in [0.1, 0.15) is 17.4 Å². The number of rotatable bonds is 3. The molecule has 0 saturated heterocycles. The van der Waals surface area contributed by atoms with Crippen molar-refractivity contribution in [2.24, 2.45) is 0 Å². The Morgan fingerprint density at radius 2 is 2.28 bits per heavy atom. The molecule has 0 unspecified atom stereocenters. The van der Waals surface area contributed by atoms with Crippen molar-refractivity contribution in [2.75, 3.05) is 19.8 Å². The van der Waals surface area contributed by atoms with E-state index in [1.807, 2.05) is 5.38 Å². The zero-order valence-electron chi connectivity index (χ0n) is 10.2. The molecule has 1 aliphatic rings. The molecule has 98 valence electrons. The molecular formula is C12H15NO4S. The number of carbonyl (C=O) groups is 2. The molecule has 5 nitrogen and oxygen atoms in total. The molecule has 18 heavy (non-hydrogen) atoms. The number of amides is 1. The molecule has 0 radical (unpaired) electrons. The van der Waals surface area contributed by atoms with E-state index >= 15 is 0 Å². The van der Waals surface area contributed by atoms with Crippen LogP contribution in [-0.2, 0) is 27.2 Å². The van der Waals surface area contributed by atoms with E-state index < -0.39 is 12.1 Å². The van der Waals surface area contributed by atoms with Crippen molar-refractivity contribution in [3.63, 3.8) is 0 Å². The topological polar surface area (TPSA) is 55.8 Å². The van der Waals surface area contributed by atoms with Gasteiger partial charge in [0.05, 0.1) is 13.2 Å². The summed E-state index contributed by atoms with van der Waals surface area (Å²) in [5.41, 5.74) is 1.30. The minimum Gasteiger partial charge on any atom is -0.463 e. The van der Waals surface area contributed by atoms with Crippen molar-refractivity contribution in [1.29, 1.82) is 0 Å². The molecule has 0 aromatic carbocycles. The zero-order valence-corrected chi connectivity index (χ0v) is 11.0. The number of hydrogen-bond acceptors (Lipinski definition) is 5. The fraction of sp³-hybridized carbons (Fsp3) is 0.500. The first-order chi connectivity index (χ1) is 8.70. The van der Waals surface area contributed by atoms with Crippen LogP contribution < -0.4 is 0 Å². The molecule has 1 aromatic rings. The Balaban J connectivity index is 1.82. The highest BCUT2D eigenvalue weighted by atomic mass is 32.1. The van der Waals surface area contributed by atoms with Crippen molar-refractivity contribution in [3.05, 3.63) is 21.9 Å². The minimum atomic E-state index is -0.514. The number of hydrogen-bond donors (Lipinski definition) is 0. The van der Waals surface area contributed by atoms with Gasteiger partial charge in [0, 0.05) is 11.4 Å². The molecular weight excluding hydrogens is 254 g/mol. The average molecular weight is 269 g/mol. The summed E-state index contributed by atoms with van der Waals surface area (Å²) >= 11 is 1.64. The van der Waals surface area contributed by atoms with Crippen LogP contribution in [0.3, 0.4) is 0 Å². The summed E-state index contributed by atoms with van der Waals surface area (Å²) in [4.78, 5) is 25.6. The molecule has 6 heteroatoms. The normalized spacial score (nSPS) is 13.9. The van der Waals surface area contributed by atoms with E-state index in [4.69, 9.17) is 9.47 Å². The first-order valence-corrected chi connectivity index (χ1v) is 6.71. The molecule has 0 N–H and O–H groups in total. The number of nitrogens with zero attached hydrogens (tertiary/aromatic N) is 1. The number of esters is 1. The predicted octanol–water partition coefficient (Wildman–Crippen LogP) is 1.81. The summed E-state index contributed by atoms with van der Waals surface area (Å²) in [5.74, 6) is -0.514. The van der Waals surface area contributed by atoms with Crippen molar-refractivity contribution in [2.45, 2.75) is 19.9 Å². The molecule has 0 aliphatic carbocycles. The van der Waals surface area contributed by atoms with Gasteiger partial charge < -0.3 is 14.4 Å². The van der Waals surface area contributed by atoms with Gasteiger partial charge in [-0.1, -0.05) is 0 Å². The van der Waals surface area contributed by atoms with E-state index in [1.54, 1.807) is 23.2 Å². The summed E-state index contributed by atoms with van der Waals surface area (Å²) < 4.78 is 9.60. The second-order valence-corrected chi connectivity index (χ2v) is 4.90. The van der Waals surface area contributed by atoms with Gasteiger partial charge in [-0.05, 0) is 30.4 Å². The van der Waals surface area contributed by atoms with Crippen LogP contribution in [0.25, 0.3) is 0 Å². The summed E-state index contributed by atoms with van der Waals surface area (Å²) in [7, 11) is 0. The van der Waals surface area contributed by atoms with Gasteiger partial charge in [-0.25, -0.2) is 9.59 Å². The summed E-state index contributed by atoms with van der Waals surface area (Å²) in [6, 6.07) is 2.08. The van der Waals surface area contributed by atoms with E-state index in [9.17, 15) is 9.59 Å². The van der Waals surface area contributed by atoms with Crippen LogP contribution in [0.5, 0.6) is 0 Å². The quantitative estimate of drug-likeness (QED) is 0.785. The highest BCUT2D eigenvalue weighted by Gasteiger charge is 2.23. The standard InChI is InChI=1S/C12H15NO4S/c1-2-16-11(14)8-17-12(15)13-5-3-9-4-6-18-10(9)7-13/h4,6H,2-3,5,7-8H2,1H3. The molecule has 2 heterocycles. The van der Waals surface area contributed by atoms with E-state index in [-0.39, 0.29) is 6.61 Å². The lowest BCUT2D eigenvalue weighted by Crippen LogP contribution is -2.36. The van der Waals surface area contributed by atoms with Gasteiger partial charge in [-0.2, -0.15) is 0 Å². The third-order valence-corrected chi connectivity index (χ3v) is 3.65. The van der Waals surface area contributed by atoms with Crippen LogP contribution in [0.4, 0.5) is 4.79 Å². The number of ether oxygens (including phenoxy) is 2. The van der Waals surface area contributed by atoms with Crippen LogP contribution in [0.15, 0.2) is 11.4 Å². The maximum absolute atomic E-state index is 11.7. The Morgan fingerprint density at radius 3 is 3.06 bits per heavy atom. The molecule has 1 aliphatic heterocycles. The smallest absolute Gasteiger partial charge is 0.410 e. The molecule has 1 amide bonds. The lowest BCUT2D eigenvalue weighted by atomic mass is 10.1. The molecule has 1 aromatic heterocycles. The molecule has 0 saturated carbocycles. The van der Waals surface area contributed by atoms with Crippen LogP contribution in [0, 0.1) is 0 Å². The summed E-state index contributed by atoms with van der Waals surface area (Å²) in [6.07, 6.45) is 0.384. The van der Waals surface area contributed by atoms with Crippen molar-refractivity contribution >= 4 is 23.4 Å². The fourth-order valence-electron chi connectivity index (χ4n) is 1.81. The zero-order chi connectivity index (χ0) is 13.0. The first kappa shape index (κ1) is 12.9. The molecule has 0 atom stereocenters. The van der Waals surface area contributed by atoms with Crippen LogP contribution in [0.2, 0.25) is 0 Å². The molecule has 0 fully saturated rings. The SMILES string of the molecule is CCOC(=O)COC(=O)N1CCc2ccsc2C1. The second kappa shape index (κ2) is 5.86. The molecule has 0 spiro atoms. The Morgan fingerprint density at radius 1 is 1.44 bits per heavy atom. The van der Waals surface area contributed by atoms with Gasteiger partial charge in [-0.3, -0.25) is 0 Å². The van der Waals surface area contributed by atoms with Crippen LogP contribution in [-0.4, -0.2) is 36.7 Å². The average Bonchev–Trinajstić information content (AvgIpc) is 2.83. The maximum atomic E-state index is 11.7. The largest absolute Gasteiger partial charge is 0.463 e. The monoisotopic (exact) mass is 269 g/mol. The van der Waals surface area contributed by atoms with E-state index in [2.05, 4.69) is 6.07 Å². The van der Waals surface area contributed by atoms with Gasteiger partial charge in [0.2, 0.25) is 0 Å². The summed E-state index contributed by atoms with van der Waals surface area (Å²) in [5, 5.41) is 2.03. The van der Waals surface area contributed by atoms with Crippen molar-refractivity contribution in [1.82, 2.24) is 4.90 Å². The molecule has 2 rings (SSSR count). The Labute approximate surface area is 109 Å². The summed E-state index contributed by atoms with van der Waals surface area (Å²) in [6.45, 7) is 2.88. The molecule has 0 bridgehead atoms. The number of thiophene rings is 1. The van der Waals surface area contributed by atoms with Gasteiger partial charge in [0.15, 0.2) is 6.61 Å². The van der Waals surface area contributed by atoms with Gasteiger partial charge in [-0.15, -0.1) is 11.3 Å². The maximum Gasteiger partial charge on any atom is 0.410 e. The lowest BCUT2D eigenvalue weighted by Gasteiger charge is -2.25. The highest BCUT2D eigenvalue weighted by molar-refractivity contribution is 7.10. The van der Waals surface area contributed by atoms with E-state index in [0.29, 0.717) is 19.7 Å². The van der Waals surface area contributed by atoms with Crippen LogP contribution >= 0.6 is 11.3 Å². The third kappa shape index (κ3) is 3.01. The Hall–Kier alpha value is -1.56. The van der Waals surface area contributed by atoms with Crippen molar-refractivity contribution in [3.8, 4) is 0 Å². The van der Waals surface area contributed by atoms with Gasteiger partial charge in [0.25, 0.3) is 0 Å². The lowest BCUT2D eigenvalue weighted by molar-refractivity contribution is -0.146. The van der Waals surface area contributed by atoms with Gasteiger partial charge >= 0.3 is 12.1 Å². The fourth-order valence-corrected chi connectivity index (χ4v) is 2.76. The third-order valence-electron chi connectivity index (χ3n) is 2.70.